The molecular weight excluding hydrogens is 616 g/mol. The predicted molar refractivity (Wildman–Crippen MR) is 190 cm³/mol. The van der Waals surface area contributed by atoms with Crippen LogP contribution in [0.25, 0.3) is 0 Å². The standard InChI is InChI=1S/C36H51ClN6O4/c1-45-32-14-8-7-13-30(32)41-23-19-39(20-24-41)17-11-5-3-4-6-12-18-43-36(44)35(37)31(29-38-43)42-25-21-40(22-26-42)27-28-47-34-16-10-9-15-33(34)46-2/h7-10,13-16,29H,3-6,11-12,17-28H2,1-2H3. The first-order valence-corrected chi connectivity index (χ1v) is 17.5. The van der Waals surface area contributed by atoms with Gasteiger partial charge in [0.15, 0.2) is 11.5 Å². The molecule has 2 fully saturated rings. The van der Waals surface area contributed by atoms with E-state index in [1.54, 1.807) is 20.4 Å². The number of hydrogen-bond acceptors (Lipinski definition) is 9. The van der Waals surface area contributed by atoms with Crippen LogP contribution < -0.4 is 29.6 Å². The van der Waals surface area contributed by atoms with Crippen LogP contribution in [0.2, 0.25) is 5.02 Å². The topological polar surface area (TPSA) is 75.5 Å². The maximum absolute atomic E-state index is 13.0. The molecule has 0 spiro atoms. The minimum atomic E-state index is -0.192. The van der Waals surface area contributed by atoms with Crippen molar-refractivity contribution in [1.29, 1.82) is 0 Å². The van der Waals surface area contributed by atoms with Crippen LogP contribution in [-0.2, 0) is 6.54 Å². The van der Waals surface area contributed by atoms with Crippen molar-refractivity contribution < 1.29 is 14.2 Å². The lowest BCUT2D eigenvalue weighted by Gasteiger charge is -2.36. The lowest BCUT2D eigenvalue weighted by Crippen LogP contribution is -2.48. The first-order valence-electron chi connectivity index (χ1n) is 17.2. The number of hydrogen-bond donors (Lipinski definition) is 0. The number of unbranched alkanes of at least 4 members (excludes halogenated alkanes) is 5. The van der Waals surface area contributed by atoms with Crippen LogP contribution in [0.4, 0.5) is 11.4 Å². The fourth-order valence-electron chi connectivity index (χ4n) is 6.48. The highest BCUT2D eigenvalue weighted by atomic mass is 35.5. The lowest BCUT2D eigenvalue weighted by molar-refractivity contribution is 0.197. The summed E-state index contributed by atoms with van der Waals surface area (Å²) in [6.45, 7) is 10.8. The molecule has 2 saturated heterocycles. The lowest BCUT2D eigenvalue weighted by atomic mass is 10.1. The van der Waals surface area contributed by atoms with Gasteiger partial charge in [0, 0.05) is 65.4 Å². The third-order valence-electron chi connectivity index (χ3n) is 9.31. The van der Waals surface area contributed by atoms with Gasteiger partial charge in [-0.05, 0) is 43.7 Å². The summed E-state index contributed by atoms with van der Waals surface area (Å²) in [6.07, 6.45) is 8.67. The smallest absolute Gasteiger partial charge is 0.287 e. The van der Waals surface area contributed by atoms with Gasteiger partial charge >= 0.3 is 0 Å². The molecule has 0 N–H and O–H groups in total. The van der Waals surface area contributed by atoms with E-state index in [2.05, 4.69) is 36.8 Å². The Labute approximate surface area is 284 Å². The monoisotopic (exact) mass is 666 g/mol. The molecule has 47 heavy (non-hydrogen) atoms. The fourth-order valence-corrected chi connectivity index (χ4v) is 6.74. The average molecular weight is 667 g/mol. The van der Waals surface area contributed by atoms with Crippen molar-refractivity contribution >= 4 is 23.0 Å². The number of nitrogens with zero attached hydrogens (tertiary/aromatic N) is 6. The van der Waals surface area contributed by atoms with Gasteiger partial charge in [-0.15, -0.1) is 0 Å². The summed E-state index contributed by atoms with van der Waals surface area (Å²) in [5.41, 5.74) is 1.74. The van der Waals surface area contributed by atoms with E-state index in [9.17, 15) is 4.79 Å². The molecule has 1 aromatic heterocycles. The third-order valence-corrected chi connectivity index (χ3v) is 9.66. The fraction of sp³-hybridized carbons (Fsp3) is 0.556. The quantitative estimate of drug-likeness (QED) is 0.179. The van der Waals surface area contributed by atoms with Gasteiger partial charge in [-0.25, -0.2) is 4.68 Å². The first kappa shape index (κ1) is 34.9. The Balaban J connectivity index is 0.929. The SMILES string of the molecule is COc1ccccc1OCCN1CCN(c2cnn(CCCCCCCCN3CCN(c4ccccc4OC)CC3)c(=O)c2Cl)CC1. The Kier molecular flexibility index (Phi) is 13.5. The molecule has 11 heteroatoms. The number of benzene rings is 2. The molecule has 0 bridgehead atoms. The van der Waals surface area contributed by atoms with E-state index in [0.717, 1.165) is 101 Å². The van der Waals surface area contributed by atoms with Crippen molar-refractivity contribution in [3.8, 4) is 17.2 Å². The number of aromatic nitrogens is 2. The summed E-state index contributed by atoms with van der Waals surface area (Å²) < 4.78 is 18.4. The molecule has 0 unspecified atom stereocenters. The number of methoxy groups -OCH3 is 2. The van der Waals surface area contributed by atoms with Gasteiger partial charge < -0.3 is 24.0 Å². The van der Waals surface area contributed by atoms with E-state index in [1.165, 1.54) is 36.1 Å². The number of piperazine rings is 2. The number of ether oxygens (including phenoxy) is 3. The Morgan fingerprint density at radius 2 is 1.17 bits per heavy atom. The zero-order chi connectivity index (χ0) is 32.8. The third kappa shape index (κ3) is 9.78. The molecular formula is C36H51ClN6O4. The van der Waals surface area contributed by atoms with Crippen LogP contribution in [0.5, 0.6) is 17.2 Å². The van der Waals surface area contributed by atoms with Crippen molar-refractivity contribution in [2.75, 3.05) is 96.1 Å². The van der Waals surface area contributed by atoms with E-state index >= 15 is 0 Å². The largest absolute Gasteiger partial charge is 0.495 e. The molecule has 2 aliphatic rings. The molecule has 10 nitrogen and oxygen atoms in total. The summed E-state index contributed by atoms with van der Waals surface area (Å²) in [5, 5.41) is 4.76. The Hall–Kier alpha value is -3.47. The molecule has 0 radical (unpaired) electrons. The van der Waals surface area contributed by atoms with Crippen molar-refractivity contribution in [1.82, 2.24) is 19.6 Å². The molecule has 2 aromatic carbocycles. The van der Waals surface area contributed by atoms with Crippen LogP contribution >= 0.6 is 11.6 Å². The number of para-hydroxylation sites is 4. The Bertz CT molecular complexity index is 1440. The van der Waals surface area contributed by atoms with Gasteiger partial charge in [-0.1, -0.05) is 61.5 Å². The maximum atomic E-state index is 13.0. The van der Waals surface area contributed by atoms with Gasteiger partial charge in [0.05, 0.1) is 31.8 Å². The van der Waals surface area contributed by atoms with Crippen molar-refractivity contribution in [3.05, 3.63) is 70.1 Å². The zero-order valence-electron chi connectivity index (χ0n) is 28.1. The Morgan fingerprint density at radius 1 is 0.638 bits per heavy atom. The maximum Gasteiger partial charge on any atom is 0.287 e. The highest BCUT2D eigenvalue weighted by Gasteiger charge is 2.22. The van der Waals surface area contributed by atoms with Crippen LogP contribution in [0.3, 0.4) is 0 Å². The van der Waals surface area contributed by atoms with Gasteiger partial charge in [-0.2, -0.15) is 5.10 Å². The van der Waals surface area contributed by atoms with Crippen molar-refractivity contribution in [2.45, 2.75) is 45.1 Å². The zero-order valence-corrected chi connectivity index (χ0v) is 28.9. The number of anilines is 2. The van der Waals surface area contributed by atoms with Gasteiger partial charge in [0.1, 0.15) is 17.4 Å². The molecule has 2 aliphatic heterocycles. The van der Waals surface area contributed by atoms with Crippen molar-refractivity contribution in [2.24, 2.45) is 0 Å². The summed E-state index contributed by atoms with van der Waals surface area (Å²) in [4.78, 5) is 22.5. The van der Waals surface area contributed by atoms with Crippen LogP contribution in [0.15, 0.2) is 59.5 Å². The predicted octanol–water partition coefficient (Wildman–Crippen LogP) is 5.28. The van der Waals surface area contributed by atoms with E-state index < -0.39 is 0 Å². The highest BCUT2D eigenvalue weighted by Crippen LogP contribution is 2.29. The first-order chi connectivity index (χ1) is 23.1. The second kappa shape index (κ2) is 18.2. The molecule has 3 aromatic rings. The van der Waals surface area contributed by atoms with Crippen LogP contribution in [-0.4, -0.2) is 106 Å². The normalized spacial score (nSPS) is 16.0. The number of aryl methyl sites for hydroxylation is 1. The summed E-state index contributed by atoms with van der Waals surface area (Å²) in [5.74, 6) is 2.46. The highest BCUT2D eigenvalue weighted by molar-refractivity contribution is 6.33. The summed E-state index contributed by atoms with van der Waals surface area (Å²) in [7, 11) is 3.39. The van der Waals surface area contributed by atoms with Gasteiger partial charge in [0.25, 0.3) is 5.56 Å². The molecule has 0 saturated carbocycles. The molecule has 0 amide bonds. The molecule has 0 atom stereocenters. The molecule has 256 valence electrons. The molecule has 0 aliphatic carbocycles. The number of halogens is 1. The van der Waals surface area contributed by atoms with E-state index in [-0.39, 0.29) is 10.6 Å². The van der Waals surface area contributed by atoms with Crippen LogP contribution in [0, 0.1) is 0 Å². The van der Waals surface area contributed by atoms with Gasteiger partial charge in [-0.3, -0.25) is 14.6 Å². The Morgan fingerprint density at radius 3 is 1.83 bits per heavy atom. The van der Waals surface area contributed by atoms with E-state index in [1.807, 2.05) is 36.4 Å². The van der Waals surface area contributed by atoms with Crippen LogP contribution in [0.1, 0.15) is 38.5 Å². The van der Waals surface area contributed by atoms with E-state index in [4.69, 9.17) is 25.8 Å². The minimum absolute atomic E-state index is 0.192. The minimum Gasteiger partial charge on any atom is -0.495 e. The second-order valence-corrected chi connectivity index (χ2v) is 12.7. The summed E-state index contributed by atoms with van der Waals surface area (Å²) >= 11 is 6.59. The van der Waals surface area contributed by atoms with E-state index in [0.29, 0.717) is 13.2 Å². The molecule has 5 rings (SSSR count). The molecule has 3 heterocycles. The average Bonchev–Trinajstić information content (AvgIpc) is 3.12. The van der Waals surface area contributed by atoms with Crippen molar-refractivity contribution in [3.63, 3.8) is 0 Å². The number of rotatable bonds is 17. The summed E-state index contributed by atoms with van der Waals surface area (Å²) in [6, 6.07) is 16.0. The second-order valence-electron chi connectivity index (χ2n) is 12.3. The van der Waals surface area contributed by atoms with Gasteiger partial charge in [0.2, 0.25) is 0 Å².